The van der Waals surface area contributed by atoms with Gasteiger partial charge < -0.3 is 5.73 Å². The van der Waals surface area contributed by atoms with E-state index < -0.39 is 0 Å². The number of hydrogen-bond donors (Lipinski definition) is 1. The number of benzene rings is 1. The molecule has 0 fully saturated rings. The van der Waals surface area contributed by atoms with Crippen molar-refractivity contribution in [2.45, 2.75) is 25.8 Å². The van der Waals surface area contributed by atoms with Crippen molar-refractivity contribution in [2.75, 3.05) is 0 Å². The molecule has 0 bridgehead atoms. The molecule has 1 aromatic carbocycles. The third kappa shape index (κ3) is 2.83. The van der Waals surface area contributed by atoms with Gasteiger partial charge >= 0.3 is 0 Å². The molecule has 0 saturated heterocycles. The van der Waals surface area contributed by atoms with Gasteiger partial charge in [0, 0.05) is 11.1 Å². The minimum Gasteiger partial charge on any atom is -0.323 e. The van der Waals surface area contributed by atoms with Gasteiger partial charge in [-0.15, -0.1) is 5.10 Å². The Morgan fingerprint density at radius 1 is 1.41 bits per heavy atom. The molecule has 3 nitrogen and oxygen atoms in total. The summed E-state index contributed by atoms with van der Waals surface area (Å²) < 4.78 is 3.96. The van der Waals surface area contributed by atoms with E-state index in [2.05, 4.69) is 16.5 Å². The predicted molar refractivity (Wildman–Crippen MR) is 71.4 cm³/mol. The van der Waals surface area contributed by atoms with Crippen molar-refractivity contribution in [1.29, 1.82) is 0 Å². The van der Waals surface area contributed by atoms with E-state index in [9.17, 15) is 0 Å². The Hall–Kier alpha value is -0.970. The summed E-state index contributed by atoms with van der Waals surface area (Å²) in [7, 11) is 0. The Labute approximate surface area is 110 Å². The predicted octanol–water partition coefficient (Wildman–Crippen LogP) is 3.00. The molecule has 2 rings (SSSR count). The van der Waals surface area contributed by atoms with Crippen LogP contribution in [0.3, 0.4) is 0 Å². The quantitative estimate of drug-likeness (QED) is 0.927. The average molecular weight is 268 g/mol. The van der Waals surface area contributed by atoms with Crippen LogP contribution in [-0.4, -0.2) is 9.59 Å². The standard InChI is InChI=1S/C12H14ClN3S/c1-2-11-12(17-16-15-11)10(14)7-8-5-3-4-6-9(8)13/h3-6,10H,2,7,14H2,1H3. The first-order valence-electron chi connectivity index (χ1n) is 5.52. The molecule has 0 spiro atoms. The smallest absolute Gasteiger partial charge is 0.0801 e. The second-order valence-corrected chi connectivity index (χ2v) is 5.03. The lowest BCUT2D eigenvalue weighted by molar-refractivity contribution is 0.722. The van der Waals surface area contributed by atoms with E-state index >= 15 is 0 Å². The van der Waals surface area contributed by atoms with Gasteiger partial charge in [-0.3, -0.25) is 0 Å². The maximum absolute atomic E-state index is 6.19. The molecule has 0 saturated carbocycles. The maximum atomic E-state index is 6.19. The van der Waals surface area contributed by atoms with Crippen LogP contribution in [-0.2, 0) is 12.8 Å². The fraction of sp³-hybridized carbons (Fsp3) is 0.333. The van der Waals surface area contributed by atoms with Gasteiger partial charge in [0.1, 0.15) is 0 Å². The van der Waals surface area contributed by atoms with Crippen LogP contribution in [0.1, 0.15) is 29.1 Å². The molecule has 0 aliphatic rings. The van der Waals surface area contributed by atoms with Crippen molar-refractivity contribution in [3.8, 4) is 0 Å². The van der Waals surface area contributed by atoms with Crippen LogP contribution in [0.15, 0.2) is 24.3 Å². The highest BCUT2D eigenvalue weighted by atomic mass is 35.5. The number of aromatic nitrogens is 2. The zero-order valence-corrected chi connectivity index (χ0v) is 11.1. The second-order valence-electron chi connectivity index (χ2n) is 3.84. The molecule has 2 aromatic rings. The normalized spacial score (nSPS) is 12.6. The molecule has 1 atom stereocenters. The van der Waals surface area contributed by atoms with Crippen molar-refractivity contribution in [3.05, 3.63) is 45.4 Å². The van der Waals surface area contributed by atoms with Gasteiger partial charge in [-0.05, 0) is 36.0 Å². The maximum Gasteiger partial charge on any atom is 0.0801 e. The van der Waals surface area contributed by atoms with Crippen molar-refractivity contribution in [1.82, 2.24) is 9.59 Å². The third-order valence-electron chi connectivity index (χ3n) is 2.65. The monoisotopic (exact) mass is 267 g/mol. The van der Waals surface area contributed by atoms with Crippen LogP contribution < -0.4 is 5.73 Å². The first-order valence-corrected chi connectivity index (χ1v) is 6.67. The number of halogens is 1. The number of hydrogen-bond acceptors (Lipinski definition) is 4. The zero-order valence-electron chi connectivity index (χ0n) is 9.56. The molecule has 0 amide bonds. The summed E-state index contributed by atoms with van der Waals surface area (Å²) in [6, 6.07) is 7.70. The summed E-state index contributed by atoms with van der Waals surface area (Å²) in [5.74, 6) is 0. The first kappa shape index (κ1) is 12.5. The van der Waals surface area contributed by atoms with E-state index in [1.807, 2.05) is 24.3 Å². The van der Waals surface area contributed by atoms with Crippen molar-refractivity contribution in [3.63, 3.8) is 0 Å². The second kappa shape index (κ2) is 5.58. The highest BCUT2D eigenvalue weighted by Crippen LogP contribution is 2.25. The lowest BCUT2D eigenvalue weighted by Gasteiger charge is -2.11. The van der Waals surface area contributed by atoms with Crippen molar-refractivity contribution < 1.29 is 0 Å². The molecule has 0 radical (unpaired) electrons. The van der Waals surface area contributed by atoms with Crippen LogP contribution in [0, 0.1) is 0 Å². The number of nitrogens with zero attached hydrogens (tertiary/aromatic N) is 2. The topological polar surface area (TPSA) is 51.8 Å². The van der Waals surface area contributed by atoms with Crippen LogP contribution in [0.5, 0.6) is 0 Å². The van der Waals surface area contributed by atoms with E-state index in [4.69, 9.17) is 17.3 Å². The van der Waals surface area contributed by atoms with Crippen LogP contribution in [0.25, 0.3) is 0 Å². The van der Waals surface area contributed by atoms with E-state index in [1.165, 1.54) is 11.5 Å². The lowest BCUT2D eigenvalue weighted by atomic mass is 10.0. The molecule has 1 heterocycles. The van der Waals surface area contributed by atoms with Crippen LogP contribution >= 0.6 is 23.1 Å². The molecule has 2 N–H and O–H groups in total. The molecular formula is C12H14ClN3S. The molecule has 1 aromatic heterocycles. The van der Waals surface area contributed by atoms with Crippen LogP contribution in [0.2, 0.25) is 5.02 Å². The van der Waals surface area contributed by atoms with E-state index in [1.54, 1.807) is 0 Å². The number of rotatable bonds is 4. The highest BCUT2D eigenvalue weighted by molar-refractivity contribution is 7.05. The van der Waals surface area contributed by atoms with Gasteiger partial charge in [-0.1, -0.05) is 41.2 Å². The summed E-state index contributed by atoms with van der Waals surface area (Å²) in [4.78, 5) is 1.06. The fourth-order valence-corrected chi connectivity index (χ4v) is 2.69. The molecule has 0 aliphatic heterocycles. The minimum absolute atomic E-state index is 0.0788. The van der Waals surface area contributed by atoms with Gasteiger partial charge in [0.05, 0.1) is 10.6 Å². The molecule has 0 aliphatic carbocycles. The number of aryl methyl sites for hydroxylation is 1. The van der Waals surface area contributed by atoms with E-state index in [-0.39, 0.29) is 6.04 Å². The zero-order chi connectivity index (χ0) is 12.3. The summed E-state index contributed by atoms with van der Waals surface area (Å²) in [5.41, 5.74) is 8.25. The van der Waals surface area contributed by atoms with Gasteiger partial charge in [-0.25, -0.2) is 0 Å². The summed E-state index contributed by atoms with van der Waals surface area (Å²) in [6.07, 6.45) is 1.58. The van der Waals surface area contributed by atoms with E-state index in [0.29, 0.717) is 0 Å². The fourth-order valence-electron chi connectivity index (χ4n) is 1.74. The molecule has 5 heteroatoms. The largest absolute Gasteiger partial charge is 0.323 e. The Morgan fingerprint density at radius 2 is 2.18 bits per heavy atom. The van der Waals surface area contributed by atoms with Gasteiger partial charge in [0.15, 0.2) is 0 Å². The lowest BCUT2D eigenvalue weighted by Crippen LogP contribution is -2.14. The summed E-state index contributed by atoms with van der Waals surface area (Å²) >= 11 is 7.50. The Bertz CT molecular complexity index is 498. The molecule has 1 unspecified atom stereocenters. The third-order valence-corrected chi connectivity index (χ3v) is 3.92. The Kier molecular flexibility index (Phi) is 4.10. The first-order chi connectivity index (χ1) is 8.22. The Balaban J connectivity index is 2.17. The average Bonchev–Trinajstić information content (AvgIpc) is 2.80. The van der Waals surface area contributed by atoms with Gasteiger partial charge in [-0.2, -0.15) is 0 Å². The SMILES string of the molecule is CCc1nnsc1C(N)Cc1ccccc1Cl. The van der Waals surface area contributed by atoms with Crippen molar-refractivity contribution >= 4 is 23.1 Å². The van der Waals surface area contributed by atoms with Gasteiger partial charge in [0.25, 0.3) is 0 Å². The Morgan fingerprint density at radius 3 is 2.88 bits per heavy atom. The molecule has 17 heavy (non-hydrogen) atoms. The molecular weight excluding hydrogens is 254 g/mol. The highest BCUT2D eigenvalue weighted by Gasteiger charge is 2.15. The van der Waals surface area contributed by atoms with Crippen molar-refractivity contribution in [2.24, 2.45) is 5.73 Å². The van der Waals surface area contributed by atoms with Crippen LogP contribution in [0.4, 0.5) is 0 Å². The number of nitrogens with two attached hydrogens (primary N) is 1. The van der Waals surface area contributed by atoms with E-state index in [0.717, 1.165) is 34.0 Å². The minimum atomic E-state index is -0.0788. The van der Waals surface area contributed by atoms with Gasteiger partial charge in [0.2, 0.25) is 0 Å². The summed E-state index contributed by atoms with van der Waals surface area (Å²) in [6.45, 7) is 2.06. The summed E-state index contributed by atoms with van der Waals surface area (Å²) in [5, 5.41) is 4.84. The molecule has 90 valence electrons.